The first-order chi connectivity index (χ1) is 8.95. The van der Waals surface area contributed by atoms with Crippen LogP contribution in [0.2, 0.25) is 0 Å². The fourth-order valence-electron chi connectivity index (χ4n) is 3.87. The zero-order valence-corrected chi connectivity index (χ0v) is 12.0. The van der Waals surface area contributed by atoms with Gasteiger partial charge in [-0.05, 0) is 43.4 Å². The summed E-state index contributed by atoms with van der Waals surface area (Å²) in [4.78, 5) is 0. The zero-order chi connectivity index (χ0) is 13.9. The van der Waals surface area contributed by atoms with Gasteiger partial charge in [0.25, 0.3) is 0 Å². The molecule has 0 atom stereocenters. The highest BCUT2D eigenvalue weighted by Crippen LogP contribution is 2.41. The second-order valence-corrected chi connectivity index (χ2v) is 6.96. The van der Waals surface area contributed by atoms with Crippen LogP contribution in [0.3, 0.4) is 0 Å². The molecule has 0 unspecified atom stereocenters. The number of alkyl halides is 3. The molecule has 0 radical (unpaired) electrons. The maximum Gasteiger partial charge on any atom is 0.391 e. The van der Waals surface area contributed by atoms with Crippen molar-refractivity contribution in [1.29, 1.82) is 0 Å². The van der Waals surface area contributed by atoms with E-state index in [9.17, 15) is 13.2 Å². The molecule has 124 valence electrons. The van der Waals surface area contributed by atoms with Crippen molar-refractivity contribution in [2.45, 2.75) is 84.7 Å². The molecule has 2 fully saturated rings. The maximum absolute atomic E-state index is 12.6. The number of hydrogen-bond acceptors (Lipinski definition) is 0. The molecule has 2 saturated carbocycles. The fraction of sp³-hybridized carbons (Fsp3) is 1.00. The predicted molar refractivity (Wildman–Crippen MR) is 82.8 cm³/mol. The monoisotopic (exact) mass is 296 g/mol. The minimum absolute atomic E-state index is 0. The highest BCUT2D eigenvalue weighted by Gasteiger charge is 2.41. The summed E-state index contributed by atoms with van der Waals surface area (Å²) in [6.07, 6.45) is 6.21. The van der Waals surface area contributed by atoms with Gasteiger partial charge in [-0.25, -0.2) is 0 Å². The van der Waals surface area contributed by atoms with E-state index >= 15 is 0 Å². The van der Waals surface area contributed by atoms with Crippen molar-refractivity contribution in [3.8, 4) is 0 Å². The molecule has 0 amide bonds. The van der Waals surface area contributed by atoms with E-state index in [0.29, 0.717) is 18.8 Å². The van der Waals surface area contributed by atoms with Crippen molar-refractivity contribution < 1.29 is 16.0 Å². The quantitative estimate of drug-likeness (QED) is 0.521. The molecule has 0 aromatic heterocycles. The van der Waals surface area contributed by atoms with Crippen LogP contribution in [0.4, 0.5) is 13.2 Å². The first-order valence-electron chi connectivity index (χ1n) is 8.02. The maximum atomic E-state index is 12.6. The van der Waals surface area contributed by atoms with E-state index in [-0.39, 0.29) is 10.3 Å². The molecular weight excluding hydrogens is 261 g/mol. The van der Waals surface area contributed by atoms with E-state index in [1.807, 2.05) is 0 Å². The number of hydrogen-bond donors (Lipinski definition) is 0. The summed E-state index contributed by atoms with van der Waals surface area (Å²) in [5.74, 6) is 1.30. The van der Waals surface area contributed by atoms with Crippen LogP contribution in [-0.4, -0.2) is 6.18 Å². The summed E-state index contributed by atoms with van der Waals surface area (Å²) in [6.45, 7) is 2.33. The van der Waals surface area contributed by atoms with E-state index < -0.39 is 12.1 Å². The van der Waals surface area contributed by atoms with Crippen molar-refractivity contribution >= 4 is 0 Å². The molecule has 0 aromatic rings. The molecule has 20 heavy (non-hydrogen) atoms. The van der Waals surface area contributed by atoms with E-state index in [0.717, 1.165) is 24.7 Å². The molecule has 0 aromatic carbocycles. The first kappa shape index (κ1) is 17.8. The largest absolute Gasteiger partial charge is 0.391 e. The molecule has 2 rings (SSSR count). The van der Waals surface area contributed by atoms with Gasteiger partial charge in [0.2, 0.25) is 0 Å². The molecule has 0 heterocycles. The van der Waals surface area contributed by atoms with Crippen molar-refractivity contribution in [3.63, 3.8) is 0 Å². The number of halogens is 3. The van der Waals surface area contributed by atoms with Gasteiger partial charge in [0.15, 0.2) is 0 Å². The van der Waals surface area contributed by atoms with Crippen LogP contribution in [0.5, 0.6) is 0 Å². The van der Waals surface area contributed by atoms with Gasteiger partial charge in [0.1, 0.15) is 0 Å². The Bertz CT molecular complexity index is 266. The van der Waals surface area contributed by atoms with Crippen LogP contribution < -0.4 is 0 Å². The molecule has 2 aliphatic rings. The van der Waals surface area contributed by atoms with Crippen molar-refractivity contribution in [3.05, 3.63) is 0 Å². The molecule has 0 saturated heterocycles. The second-order valence-electron chi connectivity index (χ2n) is 6.96. The molecule has 0 aliphatic heterocycles. The van der Waals surface area contributed by atoms with Crippen LogP contribution in [0, 0.1) is 23.7 Å². The summed E-state index contributed by atoms with van der Waals surface area (Å²) in [5, 5.41) is 0. The predicted octanol–water partition coefficient (Wildman–Crippen LogP) is 7.09. The Balaban J connectivity index is 0. The third-order valence-corrected chi connectivity index (χ3v) is 5.43. The van der Waals surface area contributed by atoms with Crippen LogP contribution in [0.1, 0.15) is 81.4 Å². The Morgan fingerprint density at radius 2 is 1.20 bits per heavy atom. The van der Waals surface area contributed by atoms with Gasteiger partial charge in [0.05, 0.1) is 5.92 Å². The summed E-state index contributed by atoms with van der Waals surface area (Å²) in [5.41, 5.74) is 0. The van der Waals surface area contributed by atoms with Crippen LogP contribution in [0.15, 0.2) is 0 Å². The van der Waals surface area contributed by atoms with E-state index in [2.05, 4.69) is 6.92 Å². The van der Waals surface area contributed by atoms with Gasteiger partial charge in [0, 0.05) is 2.85 Å². The molecule has 0 spiro atoms. The van der Waals surface area contributed by atoms with Crippen LogP contribution in [-0.2, 0) is 0 Å². The summed E-state index contributed by atoms with van der Waals surface area (Å²) in [7, 11) is 0. The van der Waals surface area contributed by atoms with Crippen molar-refractivity contribution in [1.82, 2.24) is 0 Å². The van der Waals surface area contributed by atoms with E-state index in [4.69, 9.17) is 0 Å². The zero-order valence-electron chi connectivity index (χ0n) is 12.0. The normalized spacial score (nSPS) is 35.4. The lowest BCUT2D eigenvalue weighted by molar-refractivity contribution is -0.184. The van der Waals surface area contributed by atoms with Gasteiger partial charge >= 0.3 is 6.18 Å². The SMILES string of the molecule is C.CC1CCC(CCC2CCC(C(F)(F)F)CC2)CC1.[HH].[HH]. The smallest absolute Gasteiger partial charge is 0.171 e. The van der Waals surface area contributed by atoms with Crippen molar-refractivity contribution in [2.75, 3.05) is 0 Å². The fourth-order valence-corrected chi connectivity index (χ4v) is 3.87. The van der Waals surface area contributed by atoms with Gasteiger partial charge < -0.3 is 0 Å². The molecule has 3 heteroatoms. The van der Waals surface area contributed by atoms with Gasteiger partial charge in [-0.1, -0.05) is 52.9 Å². The Hall–Kier alpha value is -0.210. The summed E-state index contributed by atoms with van der Waals surface area (Å²) in [6, 6.07) is 0. The average molecular weight is 296 g/mol. The Labute approximate surface area is 125 Å². The topological polar surface area (TPSA) is 0 Å². The van der Waals surface area contributed by atoms with E-state index in [1.54, 1.807) is 0 Å². The first-order valence-corrected chi connectivity index (χ1v) is 8.02. The van der Waals surface area contributed by atoms with Crippen molar-refractivity contribution in [2.24, 2.45) is 23.7 Å². The third-order valence-electron chi connectivity index (χ3n) is 5.43. The lowest BCUT2D eigenvalue weighted by Gasteiger charge is -2.32. The Morgan fingerprint density at radius 1 is 0.800 bits per heavy atom. The Morgan fingerprint density at radius 3 is 1.60 bits per heavy atom. The van der Waals surface area contributed by atoms with Gasteiger partial charge in [-0.3, -0.25) is 0 Å². The molecule has 0 nitrogen and oxygen atoms in total. The highest BCUT2D eigenvalue weighted by atomic mass is 19.4. The van der Waals surface area contributed by atoms with Crippen LogP contribution >= 0.6 is 0 Å². The second kappa shape index (κ2) is 7.70. The standard InChI is InChI=1S/C16H27F3.CH4.2H2/c1-12-2-4-13(5-3-12)6-7-14-8-10-15(11-9-14)16(17,18)19;;;/h12-15H,2-11H2,1H3;1H4;2*1H. The lowest BCUT2D eigenvalue weighted by Crippen LogP contribution is -2.28. The van der Waals surface area contributed by atoms with E-state index in [1.165, 1.54) is 38.5 Å². The number of rotatable bonds is 3. The summed E-state index contributed by atoms with van der Waals surface area (Å²) < 4.78 is 37.7. The molecule has 2 aliphatic carbocycles. The minimum atomic E-state index is -3.95. The third kappa shape index (κ3) is 5.29. The Kier molecular flexibility index (Phi) is 6.87. The minimum Gasteiger partial charge on any atom is -0.171 e. The molecular formula is C17H35F3. The van der Waals surface area contributed by atoms with Gasteiger partial charge in [-0.2, -0.15) is 13.2 Å². The highest BCUT2D eigenvalue weighted by molar-refractivity contribution is 4.78. The van der Waals surface area contributed by atoms with Crippen LogP contribution in [0.25, 0.3) is 0 Å². The summed E-state index contributed by atoms with van der Waals surface area (Å²) >= 11 is 0. The average Bonchev–Trinajstić information content (AvgIpc) is 2.37. The lowest BCUT2D eigenvalue weighted by atomic mass is 9.76. The molecule has 0 N–H and O–H groups in total. The molecule has 0 bridgehead atoms. The van der Waals surface area contributed by atoms with Gasteiger partial charge in [-0.15, -0.1) is 0 Å².